The third-order valence-electron chi connectivity index (χ3n) is 2.26. The van der Waals surface area contributed by atoms with Crippen LogP contribution in [-0.4, -0.2) is 82.3 Å². The second-order valence-corrected chi connectivity index (χ2v) is 4.47. The Balaban J connectivity index is -0.000000710. The van der Waals surface area contributed by atoms with Gasteiger partial charge >= 0.3 is 17.9 Å². The normalized spacial score (nSPS) is 9.52. The molecule has 8 nitrogen and oxygen atoms in total. The highest BCUT2D eigenvalue weighted by molar-refractivity contribution is 5.72. The van der Waals surface area contributed by atoms with E-state index in [1.54, 1.807) is 11.8 Å². The summed E-state index contributed by atoms with van der Waals surface area (Å²) in [6, 6.07) is 0. The van der Waals surface area contributed by atoms with E-state index in [4.69, 9.17) is 15.3 Å². The summed E-state index contributed by atoms with van der Waals surface area (Å²) in [7, 11) is 0. The Labute approximate surface area is 138 Å². The Hall–Kier alpha value is -1.67. The van der Waals surface area contributed by atoms with Crippen LogP contribution >= 0.6 is 0 Å². The summed E-state index contributed by atoms with van der Waals surface area (Å²) in [5.74, 6) is -3.20. The van der Waals surface area contributed by atoms with Gasteiger partial charge in [-0.1, -0.05) is 41.0 Å². The molecule has 3 N–H and O–H groups in total. The van der Waals surface area contributed by atoms with E-state index >= 15 is 0 Å². The number of hydrogen-bond donors (Lipinski definition) is 3. The minimum absolute atomic E-state index is 0.148. The quantitative estimate of drug-likeness (QED) is 0.546. The lowest BCUT2D eigenvalue weighted by atomic mass is 10.4. The van der Waals surface area contributed by atoms with Crippen molar-refractivity contribution in [2.75, 3.05) is 39.3 Å². The van der Waals surface area contributed by atoms with Gasteiger partial charge in [0.25, 0.3) is 0 Å². The van der Waals surface area contributed by atoms with E-state index in [1.807, 2.05) is 13.8 Å². The number of hydrogen-bond acceptors (Lipinski definition) is 5. The molecule has 0 aliphatic rings. The molecule has 0 bridgehead atoms. The zero-order chi connectivity index (χ0) is 18.8. The van der Waals surface area contributed by atoms with Crippen molar-refractivity contribution in [1.29, 1.82) is 0 Å². The highest BCUT2D eigenvalue weighted by atomic mass is 16.4. The first-order valence-corrected chi connectivity index (χ1v) is 7.86. The molecule has 0 aliphatic carbocycles. The maximum absolute atomic E-state index is 10.5. The van der Waals surface area contributed by atoms with Gasteiger partial charge in [-0.05, 0) is 6.54 Å². The van der Waals surface area contributed by atoms with Gasteiger partial charge in [0.2, 0.25) is 0 Å². The molecular formula is C15H32N2O6. The lowest BCUT2D eigenvalue weighted by Gasteiger charge is -2.23. The van der Waals surface area contributed by atoms with Gasteiger partial charge in [0, 0.05) is 13.1 Å². The summed E-state index contributed by atoms with van der Waals surface area (Å²) in [6.07, 6.45) is 1.25. The molecule has 0 aliphatic heterocycles. The molecule has 0 atom stereocenters. The van der Waals surface area contributed by atoms with Gasteiger partial charge in [-0.3, -0.25) is 24.2 Å². The van der Waals surface area contributed by atoms with Gasteiger partial charge in [0.15, 0.2) is 0 Å². The topological polar surface area (TPSA) is 118 Å². The standard InChI is InChI=1S/C10H18N2O6.C3H8.C2H6/c1-2-11(5-8(13)14)3-4-12(6-9(15)16)7-10(17)18;1-3-2;1-2/h2-7H2,1H3,(H,13,14)(H,15,16)(H,17,18);3H2,1-2H3;1-2H3. The first kappa shape index (κ1) is 26.2. The maximum atomic E-state index is 10.5. The van der Waals surface area contributed by atoms with Crippen molar-refractivity contribution in [2.24, 2.45) is 0 Å². The second-order valence-electron chi connectivity index (χ2n) is 4.47. The van der Waals surface area contributed by atoms with E-state index in [9.17, 15) is 14.4 Å². The van der Waals surface area contributed by atoms with Crippen LogP contribution in [0.3, 0.4) is 0 Å². The molecule has 0 unspecified atom stereocenters. The van der Waals surface area contributed by atoms with Crippen LogP contribution in [0.5, 0.6) is 0 Å². The van der Waals surface area contributed by atoms with Gasteiger partial charge in [0.1, 0.15) is 0 Å². The molecule has 0 rings (SSSR count). The van der Waals surface area contributed by atoms with Crippen molar-refractivity contribution < 1.29 is 29.7 Å². The van der Waals surface area contributed by atoms with Crippen molar-refractivity contribution in [3.63, 3.8) is 0 Å². The number of carboxylic acids is 3. The van der Waals surface area contributed by atoms with Crippen LogP contribution in [-0.2, 0) is 14.4 Å². The van der Waals surface area contributed by atoms with E-state index in [0.717, 1.165) is 0 Å². The second kappa shape index (κ2) is 18.4. The predicted molar refractivity (Wildman–Crippen MR) is 88.8 cm³/mol. The Morgan fingerprint density at radius 3 is 1.22 bits per heavy atom. The molecule has 0 amide bonds. The largest absolute Gasteiger partial charge is 0.480 e. The van der Waals surface area contributed by atoms with Crippen molar-refractivity contribution in [3.8, 4) is 0 Å². The van der Waals surface area contributed by atoms with Crippen molar-refractivity contribution in [1.82, 2.24) is 9.80 Å². The lowest BCUT2D eigenvalue weighted by Crippen LogP contribution is -2.41. The molecule has 0 saturated heterocycles. The SMILES string of the molecule is CC.CCC.CCN(CCN(CC(=O)O)CC(=O)O)CC(=O)O. The zero-order valence-electron chi connectivity index (χ0n) is 14.9. The molecule has 23 heavy (non-hydrogen) atoms. The van der Waals surface area contributed by atoms with Crippen molar-refractivity contribution in [2.45, 2.75) is 41.0 Å². The minimum Gasteiger partial charge on any atom is -0.480 e. The molecule has 0 aromatic heterocycles. The Morgan fingerprint density at radius 2 is 0.957 bits per heavy atom. The number of nitrogens with zero attached hydrogens (tertiary/aromatic N) is 2. The van der Waals surface area contributed by atoms with Crippen LogP contribution in [0.4, 0.5) is 0 Å². The van der Waals surface area contributed by atoms with Crippen LogP contribution in [0, 0.1) is 0 Å². The van der Waals surface area contributed by atoms with Gasteiger partial charge in [-0.25, -0.2) is 0 Å². The summed E-state index contributed by atoms with van der Waals surface area (Å²) in [6.45, 7) is 10.1. The molecule has 0 aromatic rings. The Bertz CT molecular complexity index is 307. The number of aliphatic carboxylic acids is 3. The third kappa shape index (κ3) is 22.7. The highest BCUT2D eigenvalue weighted by Crippen LogP contribution is 1.93. The number of carbonyl (C=O) groups is 3. The molecule has 138 valence electrons. The van der Waals surface area contributed by atoms with Crippen LogP contribution in [0.25, 0.3) is 0 Å². The zero-order valence-corrected chi connectivity index (χ0v) is 14.9. The summed E-state index contributed by atoms with van der Waals surface area (Å²) in [5, 5.41) is 25.9. The predicted octanol–water partition coefficient (Wildman–Crippen LogP) is 1.31. The first-order chi connectivity index (χ1) is 10.8. The third-order valence-corrected chi connectivity index (χ3v) is 2.26. The molecule has 0 fully saturated rings. The van der Waals surface area contributed by atoms with Crippen LogP contribution in [0.1, 0.15) is 41.0 Å². The number of carboxylic acid groups (broad SMARTS) is 3. The summed E-state index contributed by atoms with van der Waals surface area (Å²) in [5.41, 5.74) is 0. The Kier molecular flexibility index (Phi) is 21.0. The number of likely N-dealkylation sites (N-methyl/N-ethyl adjacent to an activating group) is 1. The average molecular weight is 336 g/mol. The van der Waals surface area contributed by atoms with E-state index in [1.165, 1.54) is 11.3 Å². The maximum Gasteiger partial charge on any atom is 0.317 e. The first-order valence-electron chi connectivity index (χ1n) is 7.86. The monoisotopic (exact) mass is 336 g/mol. The Morgan fingerprint density at radius 1 is 0.696 bits per heavy atom. The summed E-state index contributed by atoms with van der Waals surface area (Å²) < 4.78 is 0. The molecule has 0 heterocycles. The molecule has 0 aromatic carbocycles. The highest BCUT2D eigenvalue weighted by Gasteiger charge is 2.15. The van der Waals surface area contributed by atoms with Crippen molar-refractivity contribution in [3.05, 3.63) is 0 Å². The van der Waals surface area contributed by atoms with E-state index in [0.29, 0.717) is 13.1 Å². The van der Waals surface area contributed by atoms with Crippen LogP contribution in [0.15, 0.2) is 0 Å². The fraction of sp³-hybridized carbons (Fsp3) is 0.800. The fourth-order valence-electron chi connectivity index (χ4n) is 1.42. The summed E-state index contributed by atoms with van der Waals surface area (Å²) >= 11 is 0. The molecule has 0 spiro atoms. The van der Waals surface area contributed by atoms with Gasteiger partial charge in [-0.15, -0.1) is 0 Å². The van der Waals surface area contributed by atoms with Gasteiger partial charge < -0.3 is 15.3 Å². The summed E-state index contributed by atoms with van der Waals surface area (Å²) in [4.78, 5) is 34.4. The van der Waals surface area contributed by atoms with E-state index in [2.05, 4.69) is 13.8 Å². The average Bonchev–Trinajstić information content (AvgIpc) is 2.44. The molecular weight excluding hydrogens is 304 g/mol. The van der Waals surface area contributed by atoms with Crippen LogP contribution < -0.4 is 0 Å². The number of rotatable bonds is 10. The molecule has 0 radical (unpaired) electrons. The van der Waals surface area contributed by atoms with Gasteiger partial charge in [-0.2, -0.15) is 0 Å². The molecule has 8 heteroatoms. The van der Waals surface area contributed by atoms with Crippen LogP contribution in [0.2, 0.25) is 0 Å². The lowest BCUT2D eigenvalue weighted by molar-refractivity contribution is -0.143. The van der Waals surface area contributed by atoms with Crippen molar-refractivity contribution >= 4 is 17.9 Å². The smallest absolute Gasteiger partial charge is 0.317 e. The van der Waals surface area contributed by atoms with E-state index in [-0.39, 0.29) is 26.2 Å². The van der Waals surface area contributed by atoms with E-state index < -0.39 is 17.9 Å². The fourth-order valence-corrected chi connectivity index (χ4v) is 1.42. The minimum atomic E-state index is -1.11. The molecule has 0 saturated carbocycles. The van der Waals surface area contributed by atoms with Gasteiger partial charge in [0.05, 0.1) is 19.6 Å².